The van der Waals surface area contributed by atoms with Gasteiger partial charge in [0.2, 0.25) is 5.76 Å². The van der Waals surface area contributed by atoms with Crippen LogP contribution >= 0.6 is 11.3 Å². The molecule has 1 unspecified atom stereocenters. The summed E-state index contributed by atoms with van der Waals surface area (Å²) in [5.74, 6) is -1.50. The van der Waals surface area contributed by atoms with Crippen molar-refractivity contribution in [3.05, 3.63) is 46.0 Å². The predicted octanol–water partition coefficient (Wildman–Crippen LogP) is 2.65. The second-order valence-electron chi connectivity index (χ2n) is 4.57. The number of hydrogen-bond donors (Lipinski definition) is 2. The lowest BCUT2D eigenvalue weighted by Gasteiger charge is -2.10. The molecule has 2 aromatic rings. The van der Waals surface area contributed by atoms with Crippen LogP contribution in [0, 0.1) is 5.92 Å². The molecule has 0 fully saturated rings. The van der Waals surface area contributed by atoms with E-state index in [1.165, 1.54) is 17.0 Å². The fourth-order valence-electron chi connectivity index (χ4n) is 1.77. The van der Waals surface area contributed by atoms with Crippen LogP contribution in [0.3, 0.4) is 0 Å². The van der Waals surface area contributed by atoms with E-state index < -0.39 is 11.9 Å². The molecule has 2 N–H and O–H groups in total. The van der Waals surface area contributed by atoms with Gasteiger partial charge in [-0.05, 0) is 35.9 Å². The van der Waals surface area contributed by atoms with Crippen molar-refractivity contribution in [2.24, 2.45) is 5.92 Å². The van der Waals surface area contributed by atoms with Crippen LogP contribution in [0.1, 0.15) is 32.9 Å². The average molecular weight is 293 g/mol. The summed E-state index contributed by atoms with van der Waals surface area (Å²) >= 11 is 1.69. The van der Waals surface area contributed by atoms with Crippen LogP contribution in [0.4, 0.5) is 0 Å². The first-order chi connectivity index (χ1) is 9.56. The SMILES string of the molecule is CC(CNC(=O)c1ccc(C(=O)O)o1)Cc1cccs1. The van der Waals surface area contributed by atoms with E-state index in [-0.39, 0.29) is 11.5 Å². The van der Waals surface area contributed by atoms with Crippen LogP contribution < -0.4 is 5.32 Å². The molecule has 20 heavy (non-hydrogen) atoms. The zero-order valence-electron chi connectivity index (χ0n) is 11.0. The molecule has 2 rings (SSSR count). The number of carbonyl (C=O) groups excluding carboxylic acids is 1. The highest BCUT2D eigenvalue weighted by Crippen LogP contribution is 2.14. The Hall–Kier alpha value is -2.08. The molecule has 0 aliphatic rings. The van der Waals surface area contributed by atoms with Crippen LogP contribution in [0.5, 0.6) is 0 Å². The zero-order valence-corrected chi connectivity index (χ0v) is 11.8. The minimum Gasteiger partial charge on any atom is -0.475 e. The summed E-state index contributed by atoms with van der Waals surface area (Å²) in [5.41, 5.74) is 0. The normalized spacial score (nSPS) is 12.1. The van der Waals surface area contributed by atoms with Crippen LogP contribution in [0.2, 0.25) is 0 Å². The Bertz CT molecular complexity index is 588. The molecule has 6 heteroatoms. The highest BCUT2D eigenvalue weighted by Gasteiger charge is 2.15. The van der Waals surface area contributed by atoms with Gasteiger partial charge in [-0.15, -0.1) is 11.3 Å². The molecule has 0 saturated carbocycles. The van der Waals surface area contributed by atoms with E-state index in [4.69, 9.17) is 9.52 Å². The molecule has 0 aliphatic carbocycles. The zero-order chi connectivity index (χ0) is 14.5. The summed E-state index contributed by atoms with van der Waals surface area (Å²) in [4.78, 5) is 23.7. The minimum atomic E-state index is -1.19. The molecule has 0 bridgehead atoms. The first-order valence-corrected chi connectivity index (χ1v) is 7.08. The Morgan fingerprint density at radius 1 is 1.35 bits per heavy atom. The maximum atomic E-state index is 11.8. The number of carboxylic acids is 1. The van der Waals surface area contributed by atoms with Gasteiger partial charge in [0.05, 0.1) is 0 Å². The number of furan rings is 1. The fourth-order valence-corrected chi connectivity index (χ4v) is 2.64. The highest BCUT2D eigenvalue weighted by atomic mass is 32.1. The summed E-state index contributed by atoms with van der Waals surface area (Å²) in [6, 6.07) is 6.70. The van der Waals surface area contributed by atoms with Crippen molar-refractivity contribution >= 4 is 23.2 Å². The molecule has 0 spiro atoms. The molecule has 0 saturated heterocycles. The van der Waals surface area contributed by atoms with Crippen molar-refractivity contribution in [3.8, 4) is 0 Å². The fraction of sp³-hybridized carbons (Fsp3) is 0.286. The van der Waals surface area contributed by atoms with Crippen molar-refractivity contribution < 1.29 is 19.1 Å². The summed E-state index contributed by atoms with van der Waals surface area (Å²) in [6.45, 7) is 2.56. The van der Waals surface area contributed by atoms with Gasteiger partial charge in [-0.1, -0.05) is 13.0 Å². The summed E-state index contributed by atoms with van der Waals surface area (Å²) in [5, 5.41) is 13.5. The Labute approximate surface area is 120 Å². The van der Waals surface area contributed by atoms with Gasteiger partial charge < -0.3 is 14.8 Å². The Morgan fingerprint density at radius 2 is 2.10 bits per heavy atom. The van der Waals surface area contributed by atoms with E-state index in [0.29, 0.717) is 12.5 Å². The van der Waals surface area contributed by atoms with Gasteiger partial charge in [0, 0.05) is 11.4 Å². The molecular formula is C14H15NO4S. The number of rotatable bonds is 6. The maximum Gasteiger partial charge on any atom is 0.371 e. The van der Waals surface area contributed by atoms with Gasteiger partial charge in [-0.2, -0.15) is 0 Å². The predicted molar refractivity (Wildman–Crippen MR) is 75.2 cm³/mol. The van der Waals surface area contributed by atoms with Crippen molar-refractivity contribution in [1.29, 1.82) is 0 Å². The average Bonchev–Trinajstić information content (AvgIpc) is 3.06. The second-order valence-corrected chi connectivity index (χ2v) is 5.60. The number of aromatic carboxylic acids is 1. The molecule has 0 aromatic carbocycles. The second kappa shape index (κ2) is 6.38. The lowest BCUT2D eigenvalue weighted by molar-refractivity contribution is 0.0659. The molecule has 2 aromatic heterocycles. The van der Waals surface area contributed by atoms with Crippen LogP contribution in [-0.4, -0.2) is 23.5 Å². The van der Waals surface area contributed by atoms with Crippen LogP contribution in [-0.2, 0) is 6.42 Å². The standard InChI is InChI=1S/C14H15NO4S/c1-9(7-10-3-2-6-20-10)8-15-13(16)11-4-5-12(19-11)14(17)18/h2-6,9H,7-8H2,1H3,(H,15,16)(H,17,18). The molecule has 0 radical (unpaired) electrons. The third-order valence-corrected chi connectivity index (χ3v) is 3.68. The molecule has 106 valence electrons. The number of hydrogen-bond acceptors (Lipinski definition) is 4. The third-order valence-electron chi connectivity index (χ3n) is 2.78. The monoisotopic (exact) mass is 293 g/mol. The lowest BCUT2D eigenvalue weighted by Crippen LogP contribution is -2.28. The largest absolute Gasteiger partial charge is 0.475 e. The van der Waals surface area contributed by atoms with Gasteiger partial charge in [0.25, 0.3) is 5.91 Å². The summed E-state index contributed by atoms with van der Waals surface area (Å²) < 4.78 is 4.94. The molecule has 0 aliphatic heterocycles. The minimum absolute atomic E-state index is 0.0192. The van der Waals surface area contributed by atoms with E-state index in [0.717, 1.165) is 6.42 Å². The number of amides is 1. The van der Waals surface area contributed by atoms with Gasteiger partial charge in [0.15, 0.2) is 5.76 Å². The first kappa shape index (κ1) is 14.3. The number of thiophene rings is 1. The van der Waals surface area contributed by atoms with E-state index in [1.807, 2.05) is 18.4 Å². The highest BCUT2D eigenvalue weighted by molar-refractivity contribution is 7.09. The Kier molecular flexibility index (Phi) is 4.57. The smallest absolute Gasteiger partial charge is 0.371 e. The molecule has 1 amide bonds. The molecule has 2 heterocycles. The van der Waals surface area contributed by atoms with Crippen molar-refractivity contribution in [3.63, 3.8) is 0 Å². The topological polar surface area (TPSA) is 79.5 Å². The van der Waals surface area contributed by atoms with Gasteiger partial charge in [-0.3, -0.25) is 4.79 Å². The van der Waals surface area contributed by atoms with Gasteiger partial charge >= 0.3 is 5.97 Å². The number of nitrogens with one attached hydrogen (secondary N) is 1. The van der Waals surface area contributed by atoms with Gasteiger partial charge in [0.1, 0.15) is 0 Å². The van der Waals surface area contributed by atoms with E-state index in [1.54, 1.807) is 11.3 Å². The molecular weight excluding hydrogens is 278 g/mol. The van der Waals surface area contributed by atoms with Crippen molar-refractivity contribution in [2.75, 3.05) is 6.54 Å². The first-order valence-electron chi connectivity index (χ1n) is 6.20. The third kappa shape index (κ3) is 3.71. The van der Waals surface area contributed by atoms with Crippen LogP contribution in [0.15, 0.2) is 34.1 Å². The quantitative estimate of drug-likeness (QED) is 0.858. The maximum absolute atomic E-state index is 11.8. The van der Waals surface area contributed by atoms with Crippen molar-refractivity contribution in [1.82, 2.24) is 5.32 Å². The molecule has 1 atom stereocenters. The van der Waals surface area contributed by atoms with E-state index in [9.17, 15) is 9.59 Å². The Balaban J connectivity index is 1.83. The molecule has 5 nitrogen and oxygen atoms in total. The van der Waals surface area contributed by atoms with Gasteiger partial charge in [-0.25, -0.2) is 4.79 Å². The van der Waals surface area contributed by atoms with E-state index >= 15 is 0 Å². The van der Waals surface area contributed by atoms with Crippen LogP contribution in [0.25, 0.3) is 0 Å². The number of carboxylic acid groups (broad SMARTS) is 1. The van der Waals surface area contributed by atoms with E-state index in [2.05, 4.69) is 11.4 Å². The summed E-state index contributed by atoms with van der Waals surface area (Å²) in [6.07, 6.45) is 0.899. The Morgan fingerprint density at radius 3 is 2.70 bits per heavy atom. The number of carbonyl (C=O) groups is 2. The van der Waals surface area contributed by atoms with Crippen molar-refractivity contribution in [2.45, 2.75) is 13.3 Å². The summed E-state index contributed by atoms with van der Waals surface area (Å²) in [7, 11) is 0. The lowest BCUT2D eigenvalue weighted by atomic mass is 10.1.